The van der Waals surface area contributed by atoms with E-state index in [1.54, 1.807) is 4.90 Å². The second-order valence-electron chi connectivity index (χ2n) is 4.14. The van der Waals surface area contributed by atoms with E-state index < -0.39 is 5.97 Å². The molecule has 0 saturated carbocycles. The Labute approximate surface area is 113 Å². The highest BCUT2D eigenvalue weighted by Gasteiger charge is 2.30. The summed E-state index contributed by atoms with van der Waals surface area (Å²) in [6.07, 6.45) is 0.511. The second-order valence-corrected chi connectivity index (χ2v) is 5.00. The maximum atomic E-state index is 11.8. The molecule has 1 saturated heterocycles. The predicted molar refractivity (Wildman–Crippen MR) is 70.7 cm³/mol. The maximum absolute atomic E-state index is 11.8. The molecule has 1 fully saturated rings. The number of nitrogens with one attached hydrogen (secondary N) is 1. The summed E-state index contributed by atoms with van der Waals surface area (Å²) in [6.45, 7) is 0.495. The van der Waals surface area contributed by atoms with Crippen LogP contribution in [0, 0.1) is 0 Å². The number of amides is 2. The van der Waals surface area contributed by atoms with E-state index in [4.69, 9.17) is 5.11 Å². The zero-order chi connectivity index (χ0) is 13.1. The molecule has 2 N–H and O–H groups in total. The number of hydrogen-bond donors (Lipinski definition) is 2. The summed E-state index contributed by atoms with van der Waals surface area (Å²) in [6, 6.07) is 7.16. The second kappa shape index (κ2) is 5.39. The number of urea groups is 1. The van der Waals surface area contributed by atoms with Crippen LogP contribution >= 0.6 is 15.9 Å². The number of hydrogen-bond acceptors (Lipinski definition) is 2. The number of para-hydroxylation sites is 1. The van der Waals surface area contributed by atoms with Gasteiger partial charge in [0.25, 0.3) is 0 Å². The van der Waals surface area contributed by atoms with Gasteiger partial charge in [0.1, 0.15) is 0 Å². The Morgan fingerprint density at radius 2 is 2.22 bits per heavy atom. The topological polar surface area (TPSA) is 69.6 Å². The van der Waals surface area contributed by atoms with Crippen LogP contribution in [0.4, 0.5) is 10.5 Å². The van der Waals surface area contributed by atoms with Crippen molar-refractivity contribution in [1.29, 1.82) is 0 Å². The summed E-state index contributed by atoms with van der Waals surface area (Å²) in [4.78, 5) is 24.0. The van der Waals surface area contributed by atoms with Gasteiger partial charge in [-0.1, -0.05) is 12.1 Å². The van der Waals surface area contributed by atoms with Gasteiger partial charge in [-0.05, 0) is 34.5 Å². The number of carboxylic acid groups (broad SMARTS) is 1. The van der Waals surface area contributed by atoms with Crippen molar-refractivity contribution in [2.24, 2.45) is 0 Å². The van der Waals surface area contributed by atoms with Gasteiger partial charge in [0.05, 0.1) is 5.69 Å². The number of benzene rings is 1. The highest BCUT2D eigenvalue weighted by atomic mass is 79.9. The Kier molecular flexibility index (Phi) is 3.86. The van der Waals surface area contributed by atoms with Crippen LogP contribution in [0.25, 0.3) is 0 Å². The van der Waals surface area contributed by atoms with E-state index >= 15 is 0 Å². The summed E-state index contributed by atoms with van der Waals surface area (Å²) in [5, 5.41) is 11.4. The lowest BCUT2D eigenvalue weighted by atomic mass is 10.1. The fraction of sp³-hybridized carbons (Fsp3) is 0.333. The van der Waals surface area contributed by atoms with Crippen molar-refractivity contribution < 1.29 is 14.7 Å². The van der Waals surface area contributed by atoms with Crippen molar-refractivity contribution in [3.63, 3.8) is 0 Å². The summed E-state index contributed by atoms with van der Waals surface area (Å²) in [5.74, 6) is -0.844. The van der Waals surface area contributed by atoms with Crippen molar-refractivity contribution in [3.8, 4) is 0 Å². The average molecular weight is 313 g/mol. The van der Waals surface area contributed by atoms with Crippen LogP contribution in [0.15, 0.2) is 28.7 Å². The lowest BCUT2D eigenvalue weighted by Crippen LogP contribution is -2.28. The number of carbonyl (C=O) groups is 2. The molecule has 1 atom stereocenters. The number of rotatable bonds is 4. The lowest BCUT2D eigenvalue weighted by Gasteiger charge is -2.16. The first-order chi connectivity index (χ1) is 8.58. The highest BCUT2D eigenvalue weighted by Crippen LogP contribution is 2.28. The molecule has 1 aliphatic heterocycles. The van der Waals surface area contributed by atoms with Crippen molar-refractivity contribution in [1.82, 2.24) is 5.32 Å². The third-order valence-corrected chi connectivity index (χ3v) is 3.50. The standard InChI is InChI=1S/C12H13BrN2O3/c13-9-3-1-2-4-10(9)15-7-8(14-12(15)18)5-6-11(16)17/h1-4,8H,5-7H2,(H,14,18)(H,16,17). The van der Waals surface area contributed by atoms with E-state index in [1.165, 1.54) is 0 Å². The molecule has 0 aromatic heterocycles. The Morgan fingerprint density at radius 3 is 2.89 bits per heavy atom. The van der Waals surface area contributed by atoms with Crippen LogP contribution in [0.5, 0.6) is 0 Å². The highest BCUT2D eigenvalue weighted by molar-refractivity contribution is 9.10. The quantitative estimate of drug-likeness (QED) is 0.895. The zero-order valence-electron chi connectivity index (χ0n) is 9.60. The fourth-order valence-corrected chi connectivity index (χ4v) is 2.44. The van der Waals surface area contributed by atoms with Gasteiger partial charge in [-0.3, -0.25) is 9.69 Å². The van der Waals surface area contributed by atoms with Crippen LogP contribution < -0.4 is 10.2 Å². The summed E-state index contributed by atoms with van der Waals surface area (Å²) >= 11 is 3.40. The van der Waals surface area contributed by atoms with E-state index in [-0.39, 0.29) is 18.5 Å². The van der Waals surface area contributed by atoms with E-state index in [0.717, 1.165) is 10.2 Å². The summed E-state index contributed by atoms with van der Waals surface area (Å²) in [5.41, 5.74) is 0.799. The van der Waals surface area contributed by atoms with Crippen molar-refractivity contribution >= 4 is 33.6 Å². The van der Waals surface area contributed by atoms with Gasteiger partial charge in [-0.25, -0.2) is 4.79 Å². The van der Waals surface area contributed by atoms with Gasteiger partial charge in [0, 0.05) is 23.5 Å². The molecule has 1 heterocycles. The predicted octanol–water partition coefficient (Wildman–Crippen LogP) is 2.21. The Hall–Kier alpha value is -1.56. The monoisotopic (exact) mass is 312 g/mol. The first-order valence-electron chi connectivity index (χ1n) is 5.62. The largest absolute Gasteiger partial charge is 0.481 e. The Bertz CT molecular complexity index is 478. The molecule has 1 aromatic carbocycles. The normalized spacial score (nSPS) is 18.8. The van der Waals surface area contributed by atoms with Gasteiger partial charge in [0.2, 0.25) is 0 Å². The van der Waals surface area contributed by atoms with Crippen molar-refractivity contribution in [2.75, 3.05) is 11.4 Å². The molecule has 96 valence electrons. The summed E-state index contributed by atoms with van der Waals surface area (Å²) in [7, 11) is 0. The van der Waals surface area contributed by atoms with Gasteiger partial charge in [0.15, 0.2) is 0 Å². The Morgan fingerprint density at radius 1 is 1.50 bits per heavy atom. The minimum absolute atomic E-state index is 0.0642. The number of halogens is 1. The van der Waals surface area contributed by atoms with Crippen LogP contribution in [0.2, 0.25) is 0 Å². The number of anilines is 1. The fourth-order valence-electron chi connectivity index (χ4n) is 1.94. The van der Waals surface area contributed by atoms with Crippen molar-refractivity contribution in [3.05, 3.63) is 28.7 Å². The van der Waals surface area contributed by atoms with Crippen LogP contribution in [-0.4, -0.2) is 29.7 Å². The smallest absolute Gasteiger partial charge is 0.322 e. The molecule has 1 unspecified atom stereocenters. The number of aliphatic carboxylic acids is 1. The van der Waals surface area contributed by atoms with Crippen molar-refractivity contribution in [2.45, 2.75) is 18.9 Å². The van der Waals surface area contributed by atoms with E-state index in [0.29, 0.717) is 13.0 Å². The molecule has 2 amide bonds. The zero-order valence-corrected chi connectivity index (χ0v) is 11.2. The van der Waals surface area contributed by atoms with Gasteiger partial charge in [-0.15, -0.1) is 0 Å². The van der Waals surface area contributed by atoms with Gasteiger partial charge < -0.3 is 10.4 Å². The molecule has 5 nitrogen and oxygen atoms in total. The molecular formula is C12H13BrN2O3. The third-order valence-electron chi connectivity index (χ3n) is 2.83. The molecular weight excluding hydrogens is 300 g/mol. The molecule has 6 heteroatoms. The lowest BCUT2D eigenvalue weighted by molar-refractivity contribution is -0.137. The molecule has 0 spiro atoms. The maximum Gasteiger partial charge on any atom is 0.322 e. The SMILES string of the molecule is O=C(O)CCC1CN(c2ccccc2Br)C(=O)N1. The Balaban J connectivity index is 2.06. The first-order valence-corrected chi connectivity index (χ1v) is 6.41. The van der Waals surface area contributed by atoms with Crippen LogP contribution in [0.1, 0.15) is 12.8 Å². The van der Waals surface area contributed by atoms with Gasteiger partial charge >= 0.3 is 12.0 Å². The summed E-state index contributed by atoms with van der Waals surface area (Å²) < 4.78 is 0.846. The van der Waals surface area contributed by atoms with Gasteiger partial charge in [-0.2, -0.15) is 0 Å². The average Bonchev–Trinajstić information content (AvgIpc) is 2.69. The number of carbonyl (C=O) groups excluding carboxylic acids is 1. The number of nitrogens with zero attached hydrogens (tertiary/aromatic N) is 1. The van der Waals surface area contributed by atoms with E-state index in [9.17, 15) is 9.59 Å². The molecule has 1 aromatic rings. The van der Waals surface area contributed by atoms with Crippen LogP contribution in [-0.2, 0) is 4.79 Å². The third kappa shape index (κ3) is 2.81. The van der Waals surface area contributed by atoms with E-state index in [1.807, 2.05) is 24.3 Å². The first kappa shape index (κ1) is 12.9. The minimum Gasteiger partial charge on any atom is -0.481 e. The molecule has 0 radical (unpaired) electrons. The van der Waals surface area contributed by atoms with Crippen LogP contribution in [0.3, 0.4) is 0 Å². The van der Waals surface area contributed by atoms with E-state index in [2.05, 4.69) is 21.2 Å². The molecule has 1 aliphatic rings. The molecule has 0 aliphatic carbocycles. The number of carboxylic acids is 1. The minimum atomic E-state index is -0.844. The molecule has 0 bridgehead atoms. The molecule has 2 rings (SSSR count). The molecule has 18 heavy (non-hydrogen) atoms.